The van der Waals surface area contributed by atoms with Crippen molar-refractivity contribution >= 4 is 11.8 Å². The summed E-state index contributed by atoms with van der Waals surface area (Å²) in [5, 5.41) is 12.4. The van der Waals surface area contributed by atoms with Crippen molar-refractivity contribution in [3.05, 3.63) is 24.2 Å². The van der Waals surface area contributed by atoms with Gasteiger partial charge < -0.3 is 19.4 Å². The summed E-state index contributed by atoms with van der Waals surface area (Å²) in [5.41, 5.74) is -0.842. The molecule has 2 saturated heterocycles. The van der Waals surface area contributed by atoms with Crippen LogP contribution >= 0.6 is 0 Å². The van der Waals surface area contributed by atoms with Crippen molar-refractivity contribution in [3.63, 3.8) is 0 Å². The lowest BCUT2D eigenvalue weighted by molar-refractivity contribution is -0.144. The second-order valence-electron chi connectivity index (χ2n) is 7.90. The molecule has 1 aromatic rings. The number of furan rings is 1. The normalized spacial score (nSPS) is 29.1. The van der Waals surface area contributed by atoms with Crippen LogP contribution in [0.5, 0.6) is 0 Å². The highest BCUT2D eigenvalue weighted by molar-refractivity contribution is 5.86. The van der Waals surface area contributed by atoms with E-state index in [1.165, 1.54) is 0 Å². The van der Waals surface area contributed by atoms with E-state index in [-0.39, 0.29) is 23.8 Å². The first-order valence-corrected chi connectivity index (χ1v) is 9.77. The Labute approximate surface area is 158 Å². The van der Waals surface area contributed by atoms with Crippen LogP contribution in [0.2, 0.25) is 0 Å². The maximum absolute atomic E-state index is 12.9. The van der Waals surface area contributed by atoms with E-state index in [9.17, 15) is 14.9 Å². The molecule has 1 aromatic heterocycles. The molecule has 0 bridgehead atoms. The van der Waals surface area contributed by atoms with Gasteiger partial charge in [-0.25, -0.2) is 0 Å². The third-order valence-corrected chi connectivity index (χ3v) is 6.23. The summed E-state index contributed by atoms with van der Waals surface area (Å²) < 4.78 is 11.2. The Kier molecular flexibility index (Phi) is 4.92. The Bertz CT molecular complexity index is 733. The maximum Gasteiger partial charge on any atom is 0.249 e. The van der Waals surface area contributed by atoms with Gasteiger partial charge in [-0.3, -0.25) is 9.59 Å². The average molecular weight is 371 g/mol. The summed E-state index contributed by atoms with van der Waals surface area (Å²) in [6.45, 7) is 1.47. The molecule has 0 spiro atoms. The van der Waals surface area contributed by atoms with Crippen LogP contribution in [0.1, 0.15) is 44.3 Å². The predicted molar refractivity (Wildman–Crippen MR) is 95.0 cm³/mol. The van der Waals surface area contributed by atoms with Crippen molar-refractivity contribution in [2.45, 2.75) is 57.3 Å². The van der Waals surface area contributed by atoms with Gasteiger partial charge in [0.2, 0.25) is 11.8 Å². The van der Waals surface area contributed by atoms with Crippen LogP contribution in [0, 0.1) is 22.7 Å². The number of hydrogen-bond acceptors (Lipinski definition) is 5. The van der Waals surface area contributed by atoms with E-state index in [1.807, 2.05) is 6.07 Å². The van der Waals surface area contributed by atoms with Crippen molar-refractivity contribution in [2.24, 2.45) is 11.3 Å². The minimum Gasteiger partial charge on any atom is -0.467 e. The summed E-state index contributed by atoms with van der Waals surface area (Å²) in [6.07, 6.45) is 5.66. The third-order valence-electron chi connectivity index (χ3n) is 6.23. The number of piperidine rings is 1. The van der Waals surface area contributed by atoms with Crippen molar-refractivity contribution < 1.29 is 18.7 Å². The number of nitriles is 1. The van der Waals surface area contributed by atoms with Gasteiger partial charge in [0.1, 0.15) is 17.3 Å². The number of amides is 2. The van der Waals surface area contributed by atoms with Crippen LogP contribution < -0.4 is 5.32 Å². The fraction of sp³-hybridized carbons (Fsp3) is 0.650. The molecule has 2 aliphatic heterocycles. The lowest BCUT2D eigenvalue weighted by atomic mass is 9.84. The zero-order valence-corrected chi connectivity index (χ0v) is 15.4. The predicted octanol–water partition coefficient (Wildman–Crippen LogP) is 1.99. The summed E-state index contributed by atoms with van der Waals surface area (Å²) in [6, 6.07) is 5.88. The van der Waals surface area contributed by atoms with E-state index in [0.29, 0.717) is 44.7 Å². The number of fused-ring (bicyclic) bond motifs is 1. The number of nitrogens with zero attached hydrogens (tertiary/aromatic N) is 2. The number of carbonyl (C=O) groups excluding carboxylic acids is 2. The van der Waals surface area contributed by atoms with Crippen LogP contribution in [0.15, 0.2) is 22.8 Å². The molecule has 0 unspecified atom stereocenters. The summed E-state index contributed by atoms with van der Waals surface area (Å²) in [4.78, 5) is 27.1. The number of rotatable bonds is 4. The highest BCUT2D eigenvalue weighted by atomic mass is 16.5. The SMILES string of the molecule is N#CC1(C(=O)N2CC[C@H]3C[C@@H](C(=O)NCc4ccco4)O[C@@H]3C2)CCCC1. The topological polar surface area (TPSA) is 95.6 Å². The lowest BCUT2D eigenvalue weighted by Gasteiger charge is -2.37. The molecular formula is C20H25N3O4. The molecule has 1 aliphatic carbocycles. The Morgan fingerprint density at radius 1 is 1.37 bits per heavy atom. The summed E-state index contributed by atoms with van der Waals surface area (Å²) >= 11 is 0. The minimum absolute atomic E-state index is 0.0460. The van der Waals surface area contributed by atoms with Crippen molar-refractivity contribution in [1.82, 2.24) is 10.2 Å². The quantitative estimate of drug-likeness (QED) is 0.873. The molecule has 7 nitrogen and oxygen atoms in total. The zero-order chi connectivity index (χ0) is 18.9. The molecule has 0 radical (unpaired) electrons. The van der Waals surface area contributed by atoms with Gasteiger partial charge in [-0.15, -0.1) is 0 Å². The Morgan fingerprint density at radius 3 is 2.89 bits per heavy atom. The fourth-order valence-corrected chi connectivity index (χ4v) is 4.64. The Morgan fingerprint density at radius 2 is 2.19 bits per heavy atom. The molecule has 4 rings (SSSR count). The number of hydrogen-bond donors (Lipinski definition) is 1. The van der Waals surface area contributed by atoms with Gasteiger partial charge in [-0.1, -0.05) is 12.8 Å². The van der Waals surface area contributed by atoms with Gasteiger partial charge in [0.25, 0.3) is 0 Å². The van der Waals surface area contributed by atoms with Crippen molar-refractivity contribution in [1.29, 1.82) is 5.26 Å². The zero-order valence-electron chi connectivity index (χ0n) is 15.4. The van der Waals surface area contributed by atoms with Crippen LogP contribution in [0.4, 0.5) is 0 Å². The standard InChI is InChI=1S/C20H25N3O4/c21-13-20(6-1-2-7-20)19(25)23-8-5-14-10-16(27-17(14)12-23)18(24)22-11-15-4-3-9-26-15/h3-4,9,14,16-17H,1-2,5-8,10-12H2,(H,22,24)/t14-,16-,17+/m0/s1. The van der Waals surface area contributed by atoms with Gasteiger partial charge in [0.15, 0.2) is 0 Å². The summed E-state index contributed by atoms with van der Waals surface area (Å²) in [5.74, 6) is 0.808. The molecule has 27 heavy (non-hydrogen) atoms. The van der Waals surface area contributed by atoms with Gasteiger partial charge in [-0.05, 0) is 43.7 Å². The first kappa shape index (κ1) is 18.1. The summed E-state index contributed by atoms with van der Waals surface area (Å²) in [7, 11) is 0. The molecule has 1 N–H and O–H groups in total. The minimum atomic E-state index is -0.842. The number of likely N-dealkylation sites (tertiary alicyclic amines) is 1. The fourth-order valence-electron chi connectivity index (χ4n) is 4.64. The molecule has 3 heterocycles. The van der Waals surface area contributed by atoms with E-state index in [0.717, 1.165) is 19.3 Å². The van der Waals surface area contributed by atoms with Crippen LogP contribution in [-0.4, -0.2) is 42.0 Å². The molecule has 144 valence electrons. The van der Waals surface area contributed by atoms with Crippen molar-refractivity contribution in [3.8, 4) is 6.07 Å². The molecule has 3 atom stereocenters. The second kappa shape index (κ2) is 7.35. The highest BCUT2D eigenvalue weighted by Gasteiger charge is 2.48. The lowest BCUT2D eigenvalue weighted by Crippen LogP contribution is -2.50. The average Bonchev–Trinajstić information content (AvgIpc) is 3.45. The molecule has 2 amide bonds. The van der Waals surface area contributed by atoms with Gasteiger partial charge in [-0.2, -0.15) is 5.26 Å². The molecule has 0 aromatic carbocycles. The van der Waals surface area contributed by atoms with E-state index in [2.05, 4.69) is 11.4 Å². The number of carbonyl (C=O) groups is 2. The molecule has 7 heteroatoms. The first-order chi connectivity index (χ1) is 13.1. The molecular weight excluding hydrogens is 346 g/mol. The van der Waals surface area contributed by atoms with Gasteiger partial charge in [0, 0.05) is 13.1 Å². The van der Waals surface area contributed by atoms with Crippen LogP contribution in [0.3, 0.4) is 0 Å². The Hall–Kier alpha value is -2.33. The monoisotopic (exact) mass is 371 g/mol. The third kappa shape index (κ3) is 3.46. The van der Waals surface area contributed by atoms with E-state index < -0.39 is 11.5 Å². The highest BCUT2D eigenvalue weighted by Crippen LogP contribution is 2.41. The number of ether oxygens (including phenoxy) is 1. The largest absolute Gasteiger partial charge is 0.467 e. The second-order valence-corrected chi connectivity index (χ2v) is 7.90. The first-order valence-electron chi connectivity index (χ1n) is 9.77. The molecule has 1 saturated carbocycles. The van der Waals surface area contributed by atoms with Crippen molar-refractivity contribution in [2.75, 3.05) is 13.1 Å². The van der Waals surface area contributed by atoms with Gasteiger partial charge >= 0.3 is 0 Å². The number of nitrogens with one attached hydrogen (secondary N) is 1. The Balaban J connectivity index is 1.33. The van der Waals surface area contributed by atoms with Crippen LogP contribution in [0.25, 0.3) is 0 Å². The maximum atomic E-state index is 12.9. The van der Waals surface area contributed by atoms with E-state index >= 15 is 0 Å². The van der Waals surface area contributed by atoms with E-state index in [1.54, 1.807) is 17.2 Å². The van der Waals surface area contributed by atoms with Crippen LogP contribution in [-0.2, 0) is 20.9 Å². The van der Waals surface area contributed by atoms with Gasteiger partial charge in [0.05, 0.1) is 25.0 Å². The molecule has 3 aliphatic rings. The molecule has 3 fully saturated rings. The van der Waals surface area contributed by atoms with E-state index in [4.69, 9.17) is 9.15 Å². The smallest absolute Gasteiger partial charge is 0.249 e.